The van der Waals surface area contributed by atoms with Crippen LogP contribution in [0, 0.1) is 5.92 Å². The van der Waals surface area contributed by atoms with E-state index < -0.39 is 6.04 Å². The van der Waals surface area contributed by atoms with Gasteiger partial charge in [-0.25, -0.2) is 0 Å². The zero-order chi connectivity index (χ0) is 25.8. The van der Waals surface area contributed by atoms with Crippen LogP contribution in [0.3, 0.4) is 0 Å². The summed E-state index contributed by atoms with van der Waals surface area (Å²) in [6, 6.07) is 18.8. The van der Waals surface area contributed by atoms with Crippen LogP contribution < -0.4 is 26.6 Å². The first-order chi connectivity index (χ1) is 18.0. The number of nitrogen functional groups attached to an aromatic ring is 1. The number of aromatic hydroxyl groups is 1. The first-order valence-corrected chi connectivity index (χ1v) is 13.0. The van der Waals surface area contributed by atoms with Gasteiger partial charge in [0.1, 0.15) is 11.8 Å². The number of aromatic nitrogens is 2. The number of benzene rings is 2. The molecule has 1 aromatic heterocycles. The number of phenols is 1. The molecule has 0 radical (unpaired) electrons. The predicted molar refractivity (Wildman–Crippen MR) is 146 cm³/mol. The summed E-state index contributed by atoms with van der Waals surface area (Å²) in [6.07, 6.45) is 4.13. The van der Waals surface area contributed by atoms with Crippen LogP contribution in [0.15, 0.2) is 60.7 Å². The second-order valence-electron chi connectivity index (χ2n) is 10.0. The van der Waals surface area contributed by atoms with Crippen LogP contribution in [0.25, 0.3) is 11.3 Å². The minimum atomic E-state index is -0.400. The van der Waals surface area contributed by atoms with Crippen LogP contribution in [-0.2, 0) is 4.79 Å². The zero-order valence-electron chi connectivity index (χ0n) is 21.0. The molecule has 9 heteroatoms. The SMILES string of the molecule is Nc1nnc(-c2ccccc2O)cc1N1CCN(c2ccccc2)C(C(=O)NCC2CCC(N)CC2)C1. The van der Waals surface area contributed by atoms with E-state index in [9.17, 15) is 9.90 Å². The number of hydrogen-bond donors (Lipinski definition) is 4. The van der Waals surface area contributed by atoms with E-state index in [0.717, 1.165) is 31.4 Å². The molecule has 2 aromatic carbocycles. The maximum Gasteiger partial charge on any atom is 0.244 e. The quantitative estimate of drug-likeness (QED) is 0.405. The third-order valence-electron chi connectivity index (χ3n) is 7.55. The Morgan fingerprint density at radius 2 is 1.73 bits per heavy atom. The lowest BCUT2D eigenvalue weighted by Crippen LogP contribution is -2.60. The van der Waals surface area contributed by atoms with E-state index in [1.165, 1.54) is 0 Å². The van der Waals surface area contributed by atoms with Crippen molar-refractivity contribution in [3.8, 4) is 17.0 Å². The maximum atomic E-state index is 13.6. The summed E-state index contributed by atoms with van der Waals surface area (Å²) in [4.78, 5) is 17.8. The monoisotopic (exact) mass is 501 g/mol. The van der Waals surface area contributed by atoms with Gasteiger partial charge in [0, 0.05) is 43.5 Å². The highest BCUT2D eigenvalue weighted by Crippen LogP contribution is 2.33. The smallest absolute Gasteiger partial charge is 0.244 e. The van der Waals surface area contributed by atoms with Crippen molar-refractivity contribution in [2.75, 3.05) is 41.7 Å². The molecule has 1 unspecified atom stereocenters. The van der Waals surface area contributed by atoms with E-state index in [1.807, 2.05) is 42.5 Å². The van der Waals surface area contributed by atoms with Crippen molar-refractivity contribution in [2.45, 2.75) is 37.8 Å². The minimum Gasteiger partial charge on any atom is -0.507 e. The Kier molecular flexibility index (Phi) is 7.41. The first-order valence-electron chi connectivity index (χ1n) is 13.0. The average Bonchev–Trinajstić information content (AvgIpc) is 2.93. The molecule has 5 rings (SSSR count). The van der Waals surface area contributed by atoms with Gasteiger partial charge >= 0.3 is 0 Å². The highest BCUT2D eigenvalue weighted by molar-refractivity contribution is 5.87. The Hall–Kier alpha value is -3.85. The van der Waals surface area contributed by atoms with Gasteiger partial charge in [0.05, 0.1) is 11.4 Å². The van der Waals surface area contributed by atoms with E-state index in [-0.39, 0.29) is 17.7 Å². The number of nitrogens with zero attached hydrogens (tertiary/aromatic N) is 4. The molecule has 194 valence electrons. The molecule has 1 amide bonds. The normalized spacial score (nSPS) is 22.0. The van der Waals surface area contributed by atoms with Gasteiger partial charge in [-0.3, -0.25) is 4.79 Å². The lowest BCUT2D eigenvalue weighted by molar-refractivity contribution is -0.122. The number of carbonyl (C=O) groups excluding carboxylic acids is 1. The summed E-state index contributed by atoms with van der Waals surface area (Å²) in [7, 11) is 0. The van der Waals surface area contributed by atoms with E-state index >= 15 is 0 Å². The summed E-state index contributed by atoms with van der Waals surface area (Å²) < 4.78 is 0. The van der Waals surface area contributed by atoms with Gasteiger partial charge in [-0.05, 0) is 61.9 Å². The number of rotatable bonds is 6. The van der Waals surface area contributed by atoms with Gasteiger partial charge in [-0.2, -0.15) is 0 Å². The van der Waals surface area contributed by atoms with Gasteiger partial charge in [-0.15, -0.1) is 10.2 Å². The molecule has 2 fully saturated rings. The van der Waals surface area contributed by atoms with Crippen LogP contribution in [0.1, 0.15) is 25.7 Å². The maximum absolute atomic E-state index is 13.6. The number of anilines is 3. The Morgan fingerprint density at radius 3 is 2.49 bits per heavy atom. The lowest BCUT2D eigenvalue weighted by atomic mass is 9.86. The van der Waals surface area contributed by atoms with E-state index in [1.54, 1.807) is 18.2 Å². The fraction of sp³-hybridized carbons (Fsp3) is 0.393. The molecule has 3 aromatic rings. The molecule has 0 bridgehead atoms. The van der Waals surface area contributed by atoms with Crippen LogP contribution in [0.4, 0.5) is 17.2 Å². The highest BCUT2D eigenvalue weighted by atomic mass is 16.3. The van der Waals surface area contributed by atoms with Gasteiger partial charge in [0.25, 0.3) is 0 Å². The molecule has 1 atom stereocenters. The second-order valence-corrected chi connectivity index (χ2v) is 10.0. The van der Waals surface area contributed by atoms with Crippen LogP contribution in [-0.4, -0.2) is 59.5 Å². The number of nitrogens with two attached hydrogens (primary N) is 2. The first kappa shape index (κ1) is 24.8. The van der Waals surface area contributed by atoms with Gasteiger partial charge in [0.2, 0.25) is 5.91 Å². The Labute approximate surface area is 217 Å². The van der Waals surface area contributed by atoms with E-state index in [2.05, 4.69) is 25.3 Å². The number of carbonyl (C=O) groups is 1. The van der Waals surface area contributed by atoms with E-state index in [4.69, 9.17) is 11.5 Å². The summed E-state index contributed by atoms with van der Waals surface area (Å²) in [6.45, 7) is 2.43. The van der Waals surface area contributed by atoms with Gasteiger partial charge < -0.3 is 31.7 Å². The molecular formula is C28H35N7O2. The Morgan fingerprint density at radius 1 is 1.00 bits per heavy atom. The van der Waals surface area contributed by atoms with Crippen molar-refractivity contribution in [3.63, 3.8) is 0 Å². The molecule has 1 saturated carbocycles. The van der Waals surface area contributed by atoms with Crippen molar-refractivity contribution in [2.24, 2.45) is 11.7 Å². The van der Waals surface area contributed by atoms with E-state index in [0.29, 0.717) is 54.9 Å². The van der Waals surface area contributed by atoms with Crippen molar-refractivity contribution < 1.29 is 9.90 Å². The largest absolute Gasteiger partial charge is 0.507 e. The third-order valence-corrected chi connectivity index (χ3v) is 7.55. The minimum absolute atomic E-state index is 0.00457. The van der Waals surface area contributed by atoms with Gasteiger partial charge in [-0.1, -0.05) is 30.3 Å². The summed E-state index contributed by atoms with van der Waals surface area (Å²) in [5.41, 5.74) is 15.2. The third kappa shape index (κ3) is 5.61. The Bertz CT molecular complexity index is 1210. The van der Waals surface area contributed by atoms with Crippen molar-refractivity contribution in [3.05, 3.63) is 60.7 Å². The number of para-hydroxylation sites is 2. The lowest BCUT2D eigenvalue weighted by Gasteiger charge is -2.43. The fourth-order valence-corrected chi connectivity index (χ4v) is 5.38. The second kappa shape index (κ2) is 11.0. The molecule has 0 spiro atoms. The van der Waals surface area contributed by atoms with Crippen LogP contribution >= 0.6 is 0 Å². The Balaban J connectivity index is 1.37. The van der Waals surface area contributed by atoms with Crippen LogP contribution in [0.5, 0.6) is 5.75 Å². The average molecular weight is 502 g/mol. The van der Waals surface area contributed by atoms with Crippen molar-refractivity contribution in [1.29, 1.82) is 0 Å². The van der Waals surface area contributed by atoms with Gasteiger partial charge in [0.15, 0.2) is 5.82 Å². The van der Waals surface area contributed by atoms with Crippen molar-refractivity contribution in [1.82, 2.24) is 15.5 Å². The number of phenolic OH excluding ortho intramolecular Hbond substituents is 1. The number of piperazine rings is 1. The summed E-state index contributed by atoms with van der Waals surface area (Å²) in [5, 5.41) is 21.9. The fourth-order valence-electron chi connectivity index (χ4n) is 5.38. The molecule has 1 aliphatic heterocycles. The number of amides is 1. The summed E-state index contributed by atoms with van der Waals surface area (Å²) in [5.74, 6) is 0.895. The predicted octanol–water partition coefficient (Wildman–Crippen LogP) is 2.76. The molecule has 37 heavy (non-hydrogen) atoms. The number of nitrogens with one attached hydrogen (secondary N) is 1. The van der Waals surface area contributed by atoms with Crippen LogP contribution in [0.2, 0.25) is 0 Å². The molecular weight excluding hydrogens is 466 g/mol. The molecule has 2 heterocycles. The molecule has 1 aliphatic carbocycles. The molecule has 9 nitrogen and oxygen atoms in total. The zero-order valence-corrected chi connectivity index (χ0v) is 21.0. The highest BCUT2D eigenvalue weighted by Gasteiger charge is 2.34. The summed E-state index contributed by atoms with van der Waals surface area (Å²) >= 11 is 0. The molecule has 1 saturated heterocycles. The molecule has 2 aliphatic rings. The topological polar surface area (TPSA) is 134 Å². The standard InChI is InChI=1S/C28H35N7O2/c29-20-12-10-19(11-13-20)17-31-28(37)25-18-34(14-15-35(25)21-6-2-1-3-7-21)24-16-23(32-33-27(24)30)22-8-4-5-9-26(22)36/h1-9,16,19-20,25,36H,10-15,17-18,29H2,(H2,30,33)(H,31,37). The molecule has 6 N–H and O–H groups in total. The number of hydrogen-bond acceptors (Lipinski definition) is 8. The van der Waals surface area contributed by atoms with Crippen molar-refractivity contribution >= 4 is 23.1 Å².